The minimum absolute atomic E-state index is 0.00319. The maximum atomic E-state index is 12.4. The second kappa shape index (κ2) is 10.2. The molecule has 3 aromatic rings. The lowest BCUT2D eigenvalue weighted by Gasteiger charge is -2.09. The summed E-state index contributed by atoms with van der Waals surface area (Å²) in [5.41, 5.74) is -0.426. The first-order valence-corrected chi connectivity index (χ1v) is 9.87. The molecule has 2 aromatic carbocycles. The quantitative estimate of drug-likeness (QED) is 0.224. The fourth-order valence-electron chi connectivity index (χ4n) is 2.46. The molecular weight excluding hydrogens is 529 g/mol. The van der Waals surface area contributed by atoms with Crippen LogP contribution in [0.1, 0.15) is 16.3 Å². The predicted molar refractivity (Wildman–Crippen MR) is 115 cm³/mol. The first-order valence-electron chi connectivity index (χ1n) is 8.79. The largest absolute Gasteiger partial charge is 0.487 e. The molecule has 162 valence electrons. The van der Waals surface area contributed by atoms with E-state index in [9.17, 15) is 23.7 Å². The number of anilines is 1. The van der Waals surface area contributed by atoms with Crippen LogP contribution in [0.25, 0.3) is 0 Å². The van der Waals surface area contributed by atoms with Gasteiger partial charge in [-0.25, -0.2) is 8.78 Å². The number of furan rings is 1. The average molecular weight is 544 g/mol. The SMILES string of the molecule is O=C(Nc1cc(OCC(F)F)cc([N+](=O)[O-])c1)c1ccc(COc2ccc(I)cc2)o1. The van der Waals surface area contributed by atoms with Crippen molar-refractivity contribution in [1.29, 1.82) is 0 Å². The van der Waals surface area contributed by atoms with Crippen molar-refractivity contribution in [3.05, 3.63) is 79.8 Å². The predicted octanol–water partition coefficient (Wildman–Crippen LogP) is 5.27. The number of nitro groups is 1. The molecule has 8 nitrogen and oxygen atoms in total. The van der Waals surface area contributed by atoms with Crippen LogP contribution in [-0.2, 0) is 6.61 Å². The molecule has 0 unspecified atom stereocenters. The molecule has 0 saturated heterocycles. The number of alkyl halides is 2. The molecule has 1 heterocycles. The molecule has 0 aliphatic rings. The number of halogens is 3. The van der Waals surface area contributed by atoms with E-state index >= 15 is 0 Å². The molecule has 0 atom stereocenters. The van der Waals surface area contributed by atoms with Crippen molar-refractivity contribution in [2.75, 3.05) is 11.9 Å². The summed E-state index contributed by atoms with van der Waals surface area (Å²) in [7, 11) is 0. The van der Waals surface area contributed by atoms with E-state index in [2.05, 4.69) is 27.9 Å². The number of carbonyl (C=O) groups excluding carboxylic acids is 1. The number of carbonyl (C=O) groups is 1. The van der Waals surface area contributed by atoms with Gasteiger partial charge in [-0.1, -0.05) is 0 Å². The minimum atomic E-state index is -2.75. The highest BCUT2D eigenvalue weighted by atomic mass is 127. The number of rotatable bonds is 9. The molecule has 31 heavy (non-hydrogen) atoms. The molecule has 0 aliphatic heterocycles. The summed E-state index contributed by atoms with van der Waals surface area (Å²) in [6.07, 6.45) is -2.75. The van der Waals surface area contributed by atoms with Crippen molar-refractivity contribution in [2.45, 2.75) is 13.0 Å². The van der Waals surface area contributed by atoms with Gasteiger partial charge in [-0.15, -0.1) is 0 Å². The highest BCUT2D eigenvalue weighted by Crippen LogP contribution is 2.27. The number of non-ortho nitro benzene ring substituents is 1. The van der Waals surface area contributed by atoms with Crippen LogP contribution >= 0.6 is 22.6 Å². The number of nitro benzene ring substituents is 1. The maximum absolute atomic E-state index is 12.4. The van der Waals surface area contributed by atoms with E-state index in [-0.39, 0.29) is 23.8 Å². The number of hydrogen-bond donors (Lipinski definition) is 1. The van der Waals surface area contributed by atoms with E-state index < -0.39 is 29.6 Å². The molecule has 1 N–H and O–H groups in total. The van der Waals surface area contributed by atoms with Crippen molar-refractivity contribution in [2.24, 2.45) is 0 Å². The van der Waals surface area contributed by atoms with Gasteiger partial charge in [0.15, 0.2) is 5.76 Å². The summed E-state index contributed by atoms with van der Waals surface area (Å²) in [5.74, 6) is 0.124. The van der Waals surface area contributed by atoms with Crippen LogP contribution in [0.4, 0.5) is 20.2 Å². The highest BCUT2D eigenvalue weighted by Gasteiger charge is 2.16. The van der Waals surface area contributed by atoms with E-state index in [4.69, 9.17) is 13.9 Å². The second-order valence-corrected chi connectivity index (χ2v) is 7.38. The summed E-state index contributed by atoms with van der Waals surface area (Å²) >= 11 is 2.17. The third kappa shape index (κ3) is 6.64. The zero-order valence-corrected chi connectivity index (χ0v) is 17.9. The number of benzene rings is 2. The molecule has 0 bridgehead atoms. The van der Waals surface area contributed by atoms with Crippen molar-refractivity contribution in [3.63, 3.8) is 0 Å². The molecule has 11 heteroatoms. The third-order valence-corrected chi connectivity index (χ3v) is 4.54. The number of ether oxygens (including phenoxy) is 2. The molecule has 1 aromatic heterocycles. The first kappa shape index (κ1) is 22.5. The van der Waals surface area contributed by atoms with E-state index in [1.807, 2.05) is 12.1 Å². The Kier molecular flexibility index (Phi) is 7.39. The van der Waals surface area contributed by atoms with Gasteiger partial charge in [0, 0.05) is 15.7 Å². The maximum Gasteiger partial charge on any atom is 0.291 e. The van der Waals surface area contributed by atoms with Crippen LogP contribution in [0.3, 0.4) is 0 Å². The van der Waals surface area contributed by atoms with Crippen molar-refractivity contribution in [1.82, 2.24) is 0 Å². The zero-order chi connectivity index (χ0) is 22.4. The van der Waals surface area contributed by atoms with Gasteiger partial charge in [0.25, 0.3) is 18.0 Å². The minimum Gasteiger partial charge on any atom is -0.487 e. The Balaban J connectivity index is 1.66. The van der Waals surface area contributed by atoms with Crippen LogP contribution in [0.15, 0.2) is 59.0 Å². The lowest BCUT2D eigenvalue weighted by atomic mass is 10.2. The van der Waals surface area contributed by atoms with Gasteiger partial charge < -0.3 is 19.2 Å². The topological polar surface area (TPSA) is 104 Å². The molecule has 0 aliphatic carbocycles. The molecule has 1 amide bonds. The molecule has 0 fully saturated rings. The number of amides is 1. The third-order valence-electron chi connectivity index (χ3n) is 3.82. The molecule has 0 radical (unpaired) electrons. The summed E-state index contributed by atoms with van der Waals surface area (Å²) < 4.78 is 41.6. The van der Waals surface area contributed by atoms with Gasteiger partial charge in [-0.2, -0.15) is 0 Å². The van der Waals surface area contributed by atoms with Crippen LogP contribution in [0.2, 0.25) is 0 Å². The van der Waals surface area contributed by atoms with Crippen LogP contribution in [-0.4, -0.2) is 23.9 Å². The zero-order valence-electron chi connectivity index (χ0n) is 15.7. The first-order chi connectivity index (χ1) is 14.8. The van der Waals surface area contributed by atoms with Gasteiger partial charge in [-0.05, 0) is 59.0 Å². The van der Waals surface area contributed by atoms with Crippen LogP contribution < -0.4 is 14.8 Å². The van der Waals surface area contributed by atoms with E-state index in [0.29, 0.717) is 11.5 Å². The Morgan fingerprint density at radius 1 is 1.10 bits per heavy atom. The van der Waals surface area contributed by atoms with Gasteiger partial charge in [0.1, 0.15) is 30.5 Å². The Labute approximate surface area is 188 Å². The van der Waals surface area contributed by atoms with E-state index in [1.165, 1.54) is 12.1 Å². The van der Waals surface area contributed by atoms with E-state index in [1.54, 1.807) is 18.2 Å². The van der Waals surface area contributed by atoms with Gasteiger partial charge in [0.05, 0.1) is 16.7 Å². The monoisotopic (exact) mass is 544 g/mol. The Bertz CT molecular complexity index is 1070. The molecule has 0 spiro atoms. The van der Waals surface area contributed by atoms with Crippen LogP contribution in [0, 0.1) is 13.7 Å². The Morgan fingerprint density at radius 2 is 1.84 bits per heavy atom. The molecule has 0 saturated carbocycles. The number of nitrogens with one attached hydrogen (secondary N) is 1. The summed E-state index contributed by atoms with van der Waals surface area (Å²) in [4.78, 5) is 22.8. The van der Waals surface area contributed by atoms with Gasteiger partial charge in [-0.3, -0.25) is 14.9 Å². The fraction of sp³-hybridized carbons (Fsp3) is 0.150. The van der Waals surface area contributed by atoms with Gasteiger partial charge >= 0.3 is 0 Å². The standard InChI is InChI=1S/C20H15F2IN2O6/c21-19(22)11-30-17-8-13(7-14(9-17)25(27)28)24-20(26)18-6-5-16(31-18)10-29-15-3-1-12(23)2-4-15/h1-9,19H,10-11H2,(H,24,26). The number of hydrogen-bond acceptors (Lipinski definition) is 6. The van der Waals surface area contributed by atoms with Crippen molar-refractivity contribution in [3.8, 4) is 11.5 Å². The van der Waals surface area contributed by atoms with Crippen molar-refractivity contribution >= 4 is 39.9 Å². The smallest absolute Gasteiger partial charge is 0.291 e. The lowest BCUT2D eigenvalue weighted by Crippen LogP contribution is -2.12. The summed E-state index contributed by atoms with van der Waals surface area (Å²) in [6, 6.07) is 13.6. The normalized spacial score (nSPS) is 10.7. The fourth-order valence-corrected chi connectivity index (χ4v) is 2.82. The Morgan fingerprint density at radius 3 is 2.52 bits per heavy atom. The lowest BCUT2D eigenvalue weighted by molar-refractivity contribution is -0.384. The second-order valence-electron chi connectivity index (χ2n) is 6.14. The van der Waals surface area contributed by atoms with Crippen LogP contribution in [0.5, 0.6) is 11.5 Å². The van der Waals surface area contributed by atoms with E-state index in [0.717, 1.165) is 15.7 Å². The Hall–Kier alpha value is -3.22. The number of nitrogens with zero attached hydrogens (tertiary/aromatic N) is 1. The average Bonchev–Trinajstić information content (AvgIpc) is 3.21. The summed E-state index contributed by atoms with van der Waals surface area (Å²) in [5, 5.41) is 13.5. The molecule has 3 rings (SSSR count). The molecular formula is C20H15F2IN2O6. The van der Waals surface area contributed by atoms with Crippen molar-refractivity contribution < 1.29 is 32.4 Å². The highest BCUT2D eigenvalue weighted by molar-refractivity contribution is 14.1. The van der Waals surface area contributed by atoms with Gasteiger partial charge in [0.2, 0.25) is 0 Å². The summed E-state index contributed by atoms with van der Waals surface area (Å²) in [6.45, 7) is -0.840.